The Bertz CT molecular complexity index is 304. The quantitative estimate of drug-likeness (QED) is 0.545. The molecule has 19 heavy (non-hydrogen) atoms. The first-order valence-electron chi connectivity index (χ1n) is 6.67. The third-order valence-corrected chi connectivity index (χ3v) is 3.52. The first-order chi connectivity index (χ1) is 8.70. The summed E-state index contributed by atoms with van der Waals surface area (Å²) in [5.41, 5.74) is 0. The molecule has 0 rings (SSSR count). The molecule has 0 aromatic heterocycles. The summed E-state index contributed by atoms with van der Waals surface area (Å²) in [4.78, 5) is 6.34. The van der Waals surface area contributed by atoms with Gasteiger partial charge < -0.3 is 14.7 Å². The summed E-state index contributed by atoms with van der Waals surface area (Å²) < 4.78 is 30.4. The minimum atomic E-state index is -3.86. The maximum Gasteiger partial charge on any atom is 0.266 e. The largest absolute Gasteiger partial charge is 0.309 e. The zero-order valence-corrected chi connectivity index (χ0v) is 13.5. The highest BCUT2D eigenvalue weighted by Gasteiger charge is 2.10. The second-order valence-electron chi connectivity index (χ2n) is 5.44. The van der Waals surface area contributed by atoms with Gasteiger partial charge in [-0.25, -0.2) is 0 Å². The van der Waals surface area contributed by atoms with Gasteiger partial charge in [0.25, 0.3) is 10.1 Å². The molecule has 0 bridgehead atoms. The zero-order valence-electron chi connectivity index (χ0n) is 12.7. The fourth-order valence-corrected chi connectivity index (χ4v) is 2.29. The molecule has 0 radical (unpaired) electrons. The topological polar surface area (TPSA) is 64.1 Å². The van der Waals surface area contributed by atoms with Gasteiger partial charge in [-0.05, 0) is 67.2 Å². The van der Waals surface area contributed by atoms with Crippen LogP contribution in [0.5, 0.6) is 0 Å². The van der Waals surface area contributed by atoms with Crippen molar-refractivity contribution in [1.29, 1.82) is 0 Å². The fourth-order valence-electron chi connectivity index (χ4n) is 1.80. The molecule has 0 aliphatic rings. The van der Waals surface area contributed by atoms with Crippen molar-refractivity contribution in [2.45, 2.75) is 12.8 Å². The second-order valence-corrected chi connectivity index (χ2v) is 7.01. The molecule has 0 fully saturated rings. The molecular formula is C12H29N3O3S. The maximum absolute atomic E-state index is 10.8. The lowest BCUT2D eigenvalue weighted by atomic mass is 10.3. The van der Waals surface area contributed by atoms with Gasteiger partial charge in [-0.15, -0.1) is 0 Å². The normalized spacial score (nSPS) is 12.8. The minimum absolute atomic E-state index is 0.184. The van der Waals surface area contributed by atoms with Crippen molar-refractivity contribution in [1.82, 2.24) is 14.7 Å². The van der Waals surface area contributed by atoms with E-state index in [1.165, 1.54) is 0 Å². The van der Waals surface area contributed by atoms with Crippen LogP contribution in [-0.2, 0) is 10.1 Å². The maximum atomic E-state index is 10.8. The van der Waals surface area contributed by atoms with E-state index in [1.54, 1.807) is 0 Å². The van der Waals surface area contributed by atoms with E-state index >= 15 is 0 Å². The van der Waals surface area contributed by atoms with Crippen LogP contribution in [0.25, 0.3) is 0 Å². The van der Waals surface area contributed by atoms with Gasteiger partial charge in [0.05, 0.1) is 5.75 Å². The Morgan fingerprint density at radius 1 is 0.789 bits per heavy atom. The van der Waals surface area contributed by atoms with Crippen LogP contribution in [0.2, 0.25) is 0 Å². The smallest absolute Gasteiger partial charge is 0.266 e. The van der Waals surface area contributed by atoms with E-state index in [-0.39, 0.29) is 5.75 Å². The van der Waals surface area contributed by atoms with Crippen molar-refractivity contribution in [2.75, 3.05) is 66.7 Å². The molecule has 0 saturated heterocycles. The summed E-state index contributed by atoms with van der Waals surface area (Å²) in [6, 6.07) is 0. The van der Waals surface area contributed by atoms with Crippen molar-refractivity contribution in [3.05, 3.63) is 0 Å². The molecular weight excluding hydrogens is 266 g/mol. The molecule has 116 valence electrons. The molecule has 0 spiro atoms. The van der Waals surface area contributed by atoms with Crippen molar-refractivity contribution in [2.24, 2.45) is 0 Å². The summed E-state index contributed by atoms with van der Waals surface area (Å²) >= 11 is 0. The molecule has 0 atom stereocenters. The van der Waals surface area contributed by atoms with E-state index < -0.39 is 10.1 Å². The van der Waals surface area contributed by atoms with Gasteiger partial charge in [0.2, 0.25) is 0 Å². The molecule has 0 amide bonds. The summed E-state index contributed by atoms with van der Waals surface area (Å²) in [6.07, 6.45) is 2.00. The molecule has 1 N–H and O–H groups in total. The van der Waals surface area contributed by atoms with Crippen molar-refractivity contribution < 1.29 is 13.0 Å². The first kappa shape index (κ1) is 18.8. The number of nitrogens with zero attached hydrogens (tertiary/aromatic N) is 3. The van der Waals surface area contributed by atoms with Crippen LogP contribution in [-0.4, -0.2) is 94.3 Å². The highest BCUT2D eigenvalue weighted by Crippen LogP contribution is 1.98. The molecule has 0 aromatic rings. The zero-order chi connectivity index (χ0) is 14.9. The van der Waals surface area contributed by atoms with E-state index in [1.807, 2.05) is 28.2 Å². The molecule has 0 aliphatic heterocycles. The Balaban J connectivity index is 4.06. The average Bonchev–Trinajstić information content (AvgIpc) is 2.23. The molecule has 0 heterocycles. The first-order valence-corrected chi connectivity index (χ1v) is 8.28. The average molecular weight is 295 g/mol. The summed E-state index contributed by atoms with van der Waals surface area (Å²) in [5, 5.41) is 0. The van der Waals surface area contributed by atoms with Crippen LogP contribution in [0.1, 0.15) is 12.8 Å². The van der Waals surface area contributed by atoms with Crippen LogP contribution >= 0.6 is 0 Å². The van der Waals surface area contributed by atoms with E-state index in [9.17, 15) is 8.42 Å². The SMILES string of the molecule is CN(C)CCCN(CCCN(C)C)CCS(=O)(=O)O. The highest BCUT2D eigenvalue weighted by molar-refractivity contribution is 7.85. The Labute approximate surface area is 118 Å². The summed E-state index contributed by atoms with van der Waals surface area (Å²) in [5.74, 6) is -0.184. The van der Waals surface area contributed by atoms with Crippen molar-refractivity contribution >= 4 is 10.1 Å². The Morgan fingerprint density at radius 2 is 1.21 bits per heavy atom. The van der Waals surface area contributed by atoms with Gasteiger partial charge >= 0.3 is 0 Å². The van der Waals surface area contributed by atoms with Gasteiger partial charge in [0, 0.05) is 6.54 Å². The van der Waals surface area contributed by atoms with Crippen LogP contribution < -0.4 is 0 Å². The molecule has 0 aromatic carbocycles. The third-order valence-electron chi connectivity index (χ3n) is 2.82. The lowest BCUT2D eigenvalue weighted by Gasteiger charge is -2.23. The molecule has 0 saturated carbocycles. The molecule has 7 heteroatoms. The molecule has 6 nitrogen and oxygen atoms in total. The second kappa shape index (κ2) is 9.66. The lowest BCUT2D eigenvalue weighted by Crippen LogP contribution is -2.33. The van der Waals surface area contributed by atoms with Gasteiger partial charge in [-0.3, -0.25) is 4.55 Å². The summed E-state index contributed by atoms with van der Waals surface area (Å²) in [7, 11) is 4.23. The van der Waals surface area contributed by atoms with E-state index in [0.29, 0.717) is 6.54 Å². The predicted molar refractivity (Wildman–Crippen MR) is 79.2 cm³/mol. The lowest BCUT2D eigenvalue weighted by molar-refractivity contribution is 0.250. The van der Waals surface area contributed by atoms with Crippen LogP contribution in [0.3, 0.4) is 0 Å². The minimum Gasteiger partial charge on any atom is -0.309 e. The number of rotatable bonds is 11. The van der Waals surface area contributed by atoms with Crippen molar-refractivity contribution in [3.8, 4) is 0 Å². The van der Waals surface area contributed by atoms with Gasteiger partial charge in [0.1, 0.15) is 0 Å². The Kier molecular flexibility index (Phi) is 9.55. The van der Waals surface area contributed by atoms with Crippen LogP contribution in [0.15, 0.2) is 0 Å². The Hall–Kier alpha value is -0.210. The number of hydrogen-bond donors (Lipinski definition) is 1. The Morgan fingerprint density at radius 3 is 1.53 bits per heavy atom. The van der Waals surface area contributed by atoms with Gasteiger partial charge in [-0.2, -0.15) is 8.42 Å². The van der Waals surface area contributed by atoms with Gasteiger partial charge in [0.15, 0.2) is 0 Å². The van der Waals surface area contributed by atoms with E-state index in [4.69, 9.17) is 4.55 Å². The monoisotopic (exact) mass is 295 g/mol. The molecule has 0 aliphatic carbocycles. The van der Waals surface area contributed by atoms with Crippen molar-refractivity contribution in [3.63, 3.8) is 0 Å². The number of hydrogen-bond acceptors (Lipinski definition) is 5. The highest BCUT2D eigenvalue weighted by atomic mass is 32.2. The van der Waals surface area contributed by atoms with E-state index in [2.05, 4.69) is 14.7 Å². The van der Waals surface area contributed by atoms with Gasteiger partial charge in [-0.1, -0.05) is 0 Å². The van der Waals surface area contributed by atoms with Crippen LogP contribution in [0.4, 0.5) is 0 Å². The fraction of sp³-hybridized carbons (Fsp3) is 1.00. The standard InChI is InChI=1S/C12H29N3O3S/c1-13(2)7-5-9-15(10-6-8-14(3)4)11-12-19(16,17)18/h5-12H2,1-4H3,(H,16,17,18). The summed E-state index contributed by atoms with van der Waals surface area (Å²) in [6.45, 7) is 4.09. The van der Waals surface area contributed by atoms with E-state index in [0.717, 1.165) is 39.0 Å². The third kappa shape index (κ3) is 14.0. The van der Waals surface area contributed by atoms with Crippen LogP contribution in [0, 0.1) is 0 Å². The molecule has 0 unspecified atom stereocenters. The predicted octanol–water partition coefficient (Wildman–Crippen LogP) is 0.0796.